The third kappa shape index (κ3) is 8.51. The number of sulfonamides is 1. The maximum atomic E-state index is 13.4. The van der Waals surface area contributed by atoms with Gasteiger partial charge in [-0.15, -0.1) is 0 Å². The quantitative estimate of drug-likeness (QED) is 0.434. The lowest BCUT2D eigenvalue weighted by atomic mass is 10.1. The molecule has 0 aliphatic carbocycles. The molecule has 0 radical (unpaired) electrons. The van der Waals surface area contributed by atoms with Gasteiger partial charge >= 0.3 is 0 Å². The summed E-state index contributed by atoms with van der Waals surface area (Å²) < 4.78 is 44.6. The van der Waals surface area contributed by atoms with Crippen molar-refractivity contribution in [1.29, 1.82) is 0 Å². The second-order valence-corrected chi connectivity index (χ2v) is 10.7. The highest BCUT2D eigenvalue weighted by Gasteiger charge is 2.27. The van der Waals surface area contributed by atoms with E-state index in [4.69, 9.17) is 4.74 Å². The Kier molecular flexibility index (Phi) is 10.7. The molecule has 2 aromatic carbocycles. The van der Waals surface area contributed by atoms with Crippen molar-refractivity contribution in [1.82, 2.24) is 10.2 Å². The van der Waals surface area contributed by atoms with Crippen LogP contribution < -0.4 is 14.4 Å². The number of ether oxygens (including phenoxy) is 1. The number of nitrogens with zero attached hydrogens (tertiary/aromatic N) is 2. The lowest BCUT2D eigenvalue weighted by Crippen LogP contribution is -2.49. The lowest BCUT2D eigenvalue weighted by molar-refractivity contribution is -0.140. The monoisotopic (exact) mass is 521 g/mol. The Morgan fingerprint density at radius 3 is 2.19 bits per heavy atom. The molecule has 0 saturated carbocycles. The van der Waals surface area contributed by atoms with Crippen molar-refractivity contribution >= 4 is 27.5 Å². The van der Waals surface area contributed by atoms with Gasteiger partial charge in [0.2, 0.25) is 21.8 Å². The van der Waals surface area contributed by atoms with Gasteiger partial charge < -0.3 is 15.0 Å². The second-order valence-electron chi connectivity index (χ2n) is 8.78. The smallest absolute Gasteiger partial charge is 0.242 e. The number of anilines is 1. The molecule has 0 aliphatic rings. The van der Waals surface area contributed by atoms with Gasteiger partial charge in [0.15, 0.2) is 0 Å². The molecule has 0 fully saturated rings. The highest BCUT2D eigenvalue weighted by molar-refractivity contribution is 7.92. The van der Waals surface area contributed by atoms with Crippen LogP contribution in [-0.2, 0) is 26.2 Å². The molecule has 8 nitrogen and oxygen atoms in total. The number of amides is 2. The summed E-state index contributed by atoms with van der Waals surface area (Å²) in [5.74, 6) is -0.368. The summed E-state index contributed by atoms with van der Waals surface area (Å²) in [6.45, 7) is 5.71. The molecule has 2 rings (SSSR count). The molecule has 198 valence electrons. The summed E-state index contributed by atoms with van der Waals surface area (Å²) in [4.78, 5) is 27.5. The summed E-state index contributed by atoms with van der Waals surface area (Å²) >= 11 is 0. The number of benzene rings is 2. The third-order valence-electron chi connectivity index (χ3n) is 5.95. The average molecular weight is 522 g/mol. The van der Waals surface area contributed by atoms with Crippen molar-refractivity contribution in [3.63, 3.8) is 0 Å². The number of nitrogens with one attached hydrogen (secondary N) is 1. The average Bonchev–Trinajstić information content (AvgIpc) is 2.85. The molecule has 2 amide bonds. The molecule has 0 saturated heterocycles. The molecule has 0 spiro atoms. The fraction of sp³-hybridized carbons (Fsp3) is 0.462. The van der Waals surface area contributed by atoms with Crippen molar-refractivity contribution in [3.8, 4) is 5.75 Å². The molecular formula is C26H36FN3O5S. The molecule has 0 aromatic heterocycles. The minimum atomic E-state index is -3.59. The van der Waals surface area contributed by atoms with Gasteiger partial charge in [0.05, 0.1) is 19.1 Å². The fourth-order valence-corrected chi connectivity index (χ4v) is 4.55. The number of rotatable bonds is 13. The van der Waals surface area contributed by atoms with Crippen molar-refractivity contribution < 1.29 is 27.1 Å². The van der Waals surface area contributed by atoms with E-state index < -0.39 is 21.9 Å². The van der Waals surface area contributed by atoms with E-state index >= 15 is 0 Å². The predicted octanol–water partition coefficient (Wildman–Crippen LogP) is 3.71. The van der Waals surface area contributed by atoms with E-state index in [1.807, 2.05) is 13.8 Å². The minimum absolute atomic E-state index is 0.0321. The molecule has 0 aliphatic heterocycles. The maximum absolute atomic E-state index is 13.4. The number of halogens is 1. The first-order valence-electron chi connectivity index (χ1n) is 11.9. The summed E-state index contributed by atoms with van der Waals surface area (Å²) in [6, 6.07) is 11.6. The van der Waals surface area contributed by atoms with Crippen LogP contribution in [0.2, 0.25) is 0 Å². The van der Waals surface area contributed by atoms with E-state index in [1.54, 1.807) is 43.3 Å². The standard InChI is InChI=1S/C26H36FN3O5S/c1-6-19(2)28-26(32)20(3)29(18-21-9-11-22(27)12-10-21)25(31)8-7-17-30(36(5,33)34)23-13-15-24(35-4)16-14-23/h9-16,19-20H,6-8,17-18H2,1-5H3,(H,28,32)/t19-,20-/m1/s1. The fourth-order valence-electron chi connectivity index (χ4n) is 3.59. The zero-order valence-corrected chi connectivity index (χ0v) is 22.3. The van der Waals surface area contributed by atoms with Gasteiger partial charge in [-0.1, -0.05) is 19.1 Å². The van der Waals surface area contributed by atoms with E-state index in [2.05, 4.69) is 5.32 Å². The normalized spacial score (nSPS) is 12.9. The topological polar surface area (TPSA) is 96.0 Å². The van der Waals surface area contributed by atoms with Gasteiger partial charge in [0.1, 0.15) is 17.6 Å². The van der Waals surface area contributed by atoms with Crippen LogP contribution in [0.1, 0.15) is 45.6 Å². The van der Waals surface area contributed by atoms with Crippen LogP contribution >= 0.6 is 0 Å². The van der Waals surface area contributed by atoms with E-state index in [1.165, 1.54) is 28.4 Å². The van der Waals surface area contributed by atoms with Gasteiger partial charge in [0.25, 0.3) is 0 Å². The Balaban J connectivity index is 2.16. The summed E-state index contributed by atoms with van der Waals surface area (Å²) in [5, 5.41) is 2.89. The molecule has 2 aromatic rings. The zero-order chi connectivity index (χ0) is 26.9. The lowest BCUT2D eigenvalue weighted by Gasteiger charge is -2.30. The van der Waals surface area contributed by atoms with Gasteiger partial charge in [-0.05, 0) is 68.7 Å². The Hall–Kier alpha value is -3.14. The minimum Gasteiger partial charge on any atom is -0.497 e. The van der Waals surface area contributed by atoms with E-state index in [9.17, 15) is 22.4 Å². The summed E-state index contributed by atoms with van der Waals surface area (Å²) in [5.41, 5.74) is 1.15. The summed E-state index contributed by atoms with van der Waals surface area (Å²) in [7, 11) is -2.06. The predicted molar refractivity (Wildman–Crippen MR) is 139 cm³/mol. The number of methoxy groups -OCH3 is 1. The van der Waals surface area contributed by atoms with E-state index in [0.29, 0.717) is 17.0 Å². The van der Waals surface area contributed by atoms with Crippen molar-refractivity contribution in [2.75, 3.05) is 24.2 Å². The van der Waals surface area contributed by atoms with Gasteiger partial charge in [0, 0.05) is 25.6 Å². The molecule has 36 heavy (non-hydrogen) atoms. The largest absolute Gasteiger partial charge is 0.497 e. The maximum Gasteiger partial charge on any atom is 0.242 e. The molecule has 1 N–H and O–H groups in total. The molecule has 0 heterocycles. The molecular weight excluding hydrogens is 485 g/mol. The first-order chi connectivity index (χ1) is 17.0. The van der Waals surface area contributed by atoms with E-state index in [0.717, 1.165) is 12.7 Å². The number of hydrogen-bond acceptors (Lipinski definition) is 5. The molecule has 10 heteroatoms. The van der Waals surface area contributed by atoms with Crippen LogP contribution in [0.25, 0.3) is 0 Å². The number of hydrogen-bond donors (Lipinski definition) is 1. The first kappa shape index (κ1) is 29.1. The summed E-state index contributed by atoms with van der Waals surface area (Å²) in [6.07, 6.45) is 2.14. The van der Waals surface area contributed by atoms with Crippen LogP contribution in [0, 0.1) is 5.82 Å². The highest BCUT2D eigenvalue weighted by Crippen LogP contribution is 2.22. The second kappa shape index (κ2) is 13.2. The van der Waals surface area contributed by atoms with Crippen LogP contribution in [-0.4, -0.2) is 57.1 Å². The Labute approximate surface area is 213 Å². The molecule has 0 bridgehead atoms. The van der Waals surface area contributed by atoms with E-state index in [-0.39, 0.29) is 43.8 Å². The van der Waals surface area contributed by atoms with Crippen molar-refractivity contribution in [2.24, 2.45) is 0 Å². The Bertz CT molecular complexity index is 1110. The van der Waals surface area contributed by atoms with Crippen LogP contribution in [0.4, 0.5) is 10.1 Å². The zero-order valence-electron chi connectivity index (χ0n) is 21.5. The Morgan fingerprint density at radius 2 is 1.67 bits per heavy atom. The molecule has 2 atom stereocenters. The van der Waals surface area contributed by atoms with Crippen molar-refractivity contribution in [2.45, 2.75) is 58.7 Å². The van der Waals surface area contributed by atoms with Crippen LogP contribution in [0.3, 0.4) is 0 Å². The first-order valence-corrected chi connectivity index (χ1v) is 13.8. The SMILES string of the molecule is CC[C@@H](C)NC(=O)[C@@H](C)N(Cc1ccc(F)cc1)C(=O)CCCN(c1ccc(OC)cc1)S(C)(=O)=O. The number of carbonyl (C=O) groups excluding carboxylic acids is 2. The van der Waals surface area contributed by atoms with Gasteiger partial charge in [-0.25, -0.2) is 12.8 Å². The van der Waals surface area contributed by atoms with Gasteiger partial charge in [-0.3, -0.25) is 13.9 Å². The third-order valence-corrected chi connectivity index (χ3v) is 7.14. The van der Waals surface area contributed by atoms with Crippen LogP contribution in [0.5, 0.6) is 5.75 Å². The van der Waals surface area contributed by atoms with Crippen molar-refractivity contribution in [3.05, 3.63) is 59.9 Å². The highest BCUT2D eigenvalue weighted by atomic mass is 32.2. The number of carbonyl (C=O) groups is 2. The Morgan fingerprint density at radius 1 is 1.06 bits per heavy atom. The molecule has 0 unspecified atom stereocenters. The van der Waals surface area contributed by atoms with Gasteiger partial charge in [-0.2, -0.15) is 0 Å². The van der Waals surface area contributed by atoms with Crippen LogP contribution in [0.15, 0.2) is 48.5 Å².